The summed E-state index contributed by atoms with van der Waals surface area (Å²) in [6.07, 6.45) is 5.91. The van der Waals surface area contributed by atoms with Crippen molar-refractivity contribution in [1.82, 2.24) is 25.5 Å². The molecule has 0 radical (unpaired) electrons. The predicted molar refractivity (Wildman–Crippen MR) is 81.0 cm³/mol. The van der Waals surface area contributed by atoms with Crippen LogP contribution >= 0.6 is 0 Å². The van der Waals surface area contributed by atoms with E-state index in [1.54, 1.807) is 7.11 Å². The number of methoxy groups -OCH3 is 1. The molecule has 2 heterocycles. The first-order valence-electron chi connectivity index (χ1n) is 7.79. The molecule has 1 amide bonds. The molecule has 1 atom stereocenters. The molecule has 2 aliphatic rings. The summed E-state index contributed by atoms with van der Waals surface area (Å²) >= 11 is 0. The van der Waals surface area contributed by atoms with Crippen LogP contribution in [0.25, 0.3) is 0 Å². The molecule has 1 saturated carbocycles. The standard InChI is InChI=1S/C15H23N5O2/c1-22-10-14-17-6-11(7-18-14)8-20-5-4-16-13(9-20)15(21)19-12-2-3-12/h6-7,12-13,16H,2-5,8-10H2,1H3,(H,19,21)/t13-/m1/s1. The Balaban J connectivity index is 1.51. The number of hydrogen-bond donors (Lipinski definition) is 2. The van der Waals surface area contributed by atoms with Gasteiger partial charge in [-0.05, 0) is 12.8 Å². The highest BCUT2D eigenvalue weighted by Crippen LogP contribution is 2.19. The van der Waals surface area contributed by atoms with Gasteiger partial charge in [0.15, 0.2) is 5.82 Å². The van der Waals surface area contributed by atoms with Gasteiger partial charge < -0.3 is 15.4 Å². The Morgan fingerprint density at radius 1 is 1.45 bits per heavy atom. The third-order valence-electron chi connectivity index (χ3n) is 3.94. The molecular formula is C15H23N5O2. The molecule has 3 rings (SSSR count). The van der Waals surface area contributed by atoms with Crippen molar-refractivity contribution in [2.75, 3.05) is 26.7 Å². The molecule has 0 unspecified atom stereocenters. The summed E-state index contributed by atoms with van der Waals surface area (Å²) in [5.74, 6) is 0.812. The van der Waals surface area contributed by atoms with Crippen LogP contribution in [0.15, 0.2) is 12.4 Å². The molecule has 0 spiro atoms. The molecule has 2 N–H and O–H groups in total. The highest BCUT2D eigenvalue weighted by molar-refractivity contribution is 5.82. The summed E-state index contributed by atoms with van der Waals surface area (Å²) in [5.41, 5.74) is 1.06. The van der Waals surface area contributed by atoms with Crippen molar-refractivity contribution in [1.29, 1.82) is 0 Å². The second-order valence-electron chi connectivity index (χ2n) is 5.97. The van der Waals surface area contributed by atoms with Gasteiger partial charge in [0.05, 0.1) is 6.04 Å². The van der Waals surface area contributed by atoms with Crippen LogP contribution in [0.1, 0.15) is 24.2 Å². The minimum Gasteiger partial charge on any atom is -0.377 e. The zero-order valence-corrected chi connectivity index (χ0v) is 12.9. The van der Waals surface area contributed by atoms with E-state index in [1.165, 1.54) is 0 Å². The number of carbonyl (C=O) groups is 1. The lowest BCUT2D eigenvalue weighted by Gasteiger charge is -2.32. The molecule has 0 bridgehead atoms. The Kier molecular flexibility index (Phi) is 4.97. The maximum Gasteiger partial charge on any atom is 0.238 e. The van der Waals surface area contributed by atoms with E-state index in [4.69, 9.17) is 4.74 Å². The number of hydrogen-bond acceptors (Lipinski definition) is 6. The van der Waals surface area contributed by atoms with E-state index in [2.05, 4.69) is 25.5 Å². The van der Waals surface area contributed by atoms with E-state index in [1.807, 2.05) is 12.4 Å². The van der Waals surface area contributed by atoms with Crippen LogP contribution in [0.3, 0.4) is 0 Å². The molecule has 0 aromatic carbocycles. The molecule has 1 saturated heterocycles. The van der Waals surface area contributed by atoms with Crippen LogP contribution in [0.4, 0.5) is 0 Å². The largest absolute Gasteiger partial charge is 0.377 e. The van der Waals surface area contributed by atoms with Gasteiger partial charge in [-0.2, -0.15) is 0 Å². The van der Waals surface area contributed by atoms with E-state index >= 15 is 0 Å². The summed E-state index contributed by atoms with van der Waals surface area (Å²) in [5, 5.41) is 6.35. The van der Waals surface area contributed by atoms with E-state index in [9.17, 15) is 4.79 Å². The second kappa shape index (κ2) is 7.13. The smallest absolute Gasteiger partial charge is 0.238 e. The summed E-state index contributed by atoms with van der Waals surface area (Å²) in [4.78, 5) is 22.9. The topological polar surface area (TPSA) is 79.4 Å². The Morgan fingerprint density at radius 3 is 2.91 bits per heavy atom. The molecule has 7 nitrogen and oxygen atoms in total. The van der Waals surface area contributed by atoms with Crippen molar-refractivity contribution >= 4 is 5.91 Å². The van der Waals surface area contributed by atoms with Crippen molar-refractivity contribution in [2.24, 2.45) is 0 Å². The fourth-order valence-electron chi connectivity index (χ4n) is 2.58. The van der Waals surface area contributed by atoms with Gasteiger partial charge in [0.25, 0.3) is 0 Å². The summed E-state index contributed by atoms with van der Waals surface area (Å²) < 4.78 is 5.01. The molecule has 1 aliphatic heterocycles. The van der Waals surface area contributed by atoms with Crippen LogP contribution in [-0.4, -0.2) is 59.6 Å². The molecular weight excluding hydrogens is 282 g/mol. The van der Waals surface area contributed by atoms with Gasteiger partial charge in [-0.15, -0.1) is 0 Å². The van der Waals surface area contributed by atoms with Crippen molar-refractivity contribution in [2.45, 2.75) is 38.1 Å². The van der Waals surface area contributed by atoms with Crippen LogP contribution in [-0.2, 0) is 22.7 Å². The lowest BCUT2D eigenvalue weighted by Crippen LogP contribution is -2.57. The average molecular weight is 305 g/mol. The van der Waals surface area contributed by atoms with Gasteiger partial charge in [0.1, 0.15) is 6.61 Å². The maximum atomic E-state index is 12.1. The predicted octanol–water partition coefficient (Wildman–Crippen LogP) is -0.325. The Morgan fingerprint density at radius 2 is 2.23 bits per heavy atom. The number of nitrogens with one attached hydrogen (secondary N) is 2. The summed E-state index contributed by atoms with van der Waals surface area (Å²) in [6.45, 7) is 3.66. The monoisotopic (exact) mass is 305 g/mol. The van der Waals surface area contributed by atoms with Crippen molar-refractivity contribution in [3.05, 3.63) is 23.8 Å². The normalized spacial score (nSPS) is 22.5. The van der Waals surface area contributed by atoms with Crippen molar-refractivity contribution in [3.8, 4) is 0 Å². The molecule has 2 fully saturated rings. The first kappa shape index (κ1) is 15.3. The maximum absolute atomic E-state index is 12.1. The van der Waals surface area contributed by atoms with E-state index in [0.29, 0.717) is 18.5 Å². The zero-order valence-electron chi connectivity index (χ0n) is 12.9. The van der Waals surface area contributed by atoms with Crippen molar-refractivity contribution < 1.29 is 9.53 Å². The molecule has 7 heteroatoms. The summed E-state index contributed by atoms with van der Waals surface area (Å²) in [6, 6.07) is 0.287. The Bertz CT molecular complexity index is 503. The lowest BCUT2D eigenvalue weighted by atomic mass is 10.1. The number of nitrogens with zero attached hydrogens (tertiary/aromatic N) is 3. The number of amides is 1. The van der Waals surface area contributed by atoms with Gasteiger partial charge in [0.2, 0.25) is 5.91 Å². The minimum atomic E-state index is -0.122. The van der Waals surface area contributed by atoms with E-state index in [0.717, 1.165) is 44.6 Å². The Hall–Kier alpha value is -1.57. The molecule has 120 valence electrons. The highest BCUT2D eigenvalue weighted by Gasteiger charge is 2.30. The number of aromatic nitrogens is 2. The van der Waals surface area contributed by atoms with Crippen LogP contribution in [0, 0.1) is 0 Å². The first-order chi connectivity index (χ1) is 10.7. The Labute approximate surface area is 130 Å². The van der Waals surface area contributed by atoms with E-state index < -0.39 is 0 Å². The quantitative estimate of drug-likeness (QED) is 0.749. The third kappa shape index (κ3) is 4.22. The second-order valence-corrected chi connectivity index (χ2v) is 5.97. The summed E-state index contributed by atoms with van der Waals surface area (Å²) in [7, 11) is 1.63. The SMILES string of the molecule is COCc1ncc(CN2CCN[C@@H](C(=O)NC3CC3)C2)cn1. The number of piperazine rings is 1. The fraction of sp³-hybridized carbons (Fsp3) is 0.667. The van der Waals surface area contributed by atoms with Crippen LogP contribution < -0.4 is 10.6 Å². The van der Waals surface area contributed by atoms with E-state index in [-0.39, 0.29) is 11.9 Å². The zero-order chi connectivity index (χ0) is 15.4. The van der Waals surface area contributed by atoms with Gasteiger partial charge in [0, 0.05) is 57.3 Å². The minimum absolute atomic E-state index is 0.122. The van der Waals surface area contributed by atoms with Gasteiger partial charge in [-0.3, -0.25) is 9.69 Å². The van der Waals surface area contributed by atoms with Crippen LogP contribution in [0.5, 0.6) is 0 Å². The van der Waals surface area contributed by atoms with Gasteiger partial charge in [-0.1, -0.05) is 0 Å². The third-order valence-corrected chi connectivity index (χ3v) is 3.94. The van der Waals surface area contributed by atoms with Crippen LogP contribution in [0.2, 0.25) is 0 Å². The lowest BCUT2D eigenvalue weighted by molar-refractivity contribution is -0.124. The molecule has 22 heavy (non-hydrogen) atoms. The molecule has 1 aliphatic carbocycles. The molecule has 1 aromatic heterocycles. The average Bonchev–Trinajstić information content (AvgIpc) is 3.34. The number of ether oxygens (including phenoxy) is 1. The fourth-order valence-corrected chi connectivity index (χ4v) is 2.58. The highest BCUT2D eigenvalue weighted by atomic mass is 16.5. The van der Waals surface area contributed by atoms with Gasteiger partial charge in [-0.25, -0.2) is 9.97 Å². The number of rotatable bonds is 6. The number of carbonyl (C=O) groups excluding carboxylic acids is 1. The van der Waals surface area contributed by atoms with Crippen molar-refractivity contribution in [3.63, 3.8) is 0 Å². The first-order valence-corrected chi connectivity index (χ1v) is 7.79. The van der Waals surface area contributed by atoms with Gasteiger partial charge >= 0.3 is 0 Å². The molecule has 1 aromatic rings.